The lowest BCUT2D eigenvalue weighted by Gasteiger charge is -2.26. The van der Waals surface area contributed by atoms with E-state index in [2.05, 4.69) is 10.3 Å². The van der Waals surface area contributed by atoms with Crippen molar-refractivity contribution in [2.75, 3.05) is 11.4 Å². The van der Waals surface area contributed by atoms with E-state index in [1.165, 1.54) is 4.90 Å². The standard InChI is InChI=1S/C14H11N3O3/c18-8-12-11-7-10(2-1-9(11)3-5-15-12)17-6-4-13(19)16-14(17)20/h1-3,5,7-8H,4,6H2,(H,16,19,20). The van der Waals surface area contributed by atoms with Crippen LogP contribution in [-0.2, 0) is 4.79 Å². The van der Waals surface area contributed by atoms with Crippen molar-refractivity contribution in [3.63, 3.8) is 0 Å². The van der Waals surface area contributed by atoms with Crippen LogP contribution in [0.1, 0.15) is 16.9 Å². The Labute approximate surface area is 114 Å². The lowest BCUT2D eigenvalue weighted by molar-refractivity contribution is -0.120. The van der Waals surface area contributed by atoms with E-state index >= 15 is 0 Å². The van der Waals surface area contributed by atoms with Crippen LogP contribution in [0.4, 0.5) is 10.5 Å². The number of amides is 3. The maximum absolute atomic E-state index is 11.8. The molecule has 100 valence electrons. The van der Waals surface area contributed by atoms with Gasteiger partial charge in [0, 0.05) is 30.2 Å². The van der Waals surface area contributed by atoms with E-state index in [0.29, 0.717) is 29.6 Å². The first kappa shape index (κ1) is 12.3. The summed E-state index contributed by atoms with van der Waals surface area (Å²) >= 11 is 0. The average molecular weight is 269 g/mol. The topological polar surface area (TPSA) is 79.4 Å². The minimum absolute atomic E-state index is 0.261. The Morgan fingerprint density at radius 2 is 2.10 bits per heavy atom. The molecule has 1 saturated heterocycles. The molecule has 1 aliphatic rings. The fourth-order valence-electron chi connectivity index (χ4n) is 2.25. The van der Waals surface area contributed by atoms with Crippen molar-refractivity contribution in [3.8, 4) is 0 Å². The zero-order valence-electron chi connectivity index (χ0n) is 10.5. The highest BCUT2D eigenvalue weighted by Gasteiger charge is 2.24. The molecule has 1 fully saturated rings. The SMILES string of the molecule is O=Cc1nccc2ccc(N3CCC(=O)NC3=O)cc12. The number of carbonyl (C=O) groups excluding carboxylic acids is 3. The van der Waals surface area contributed by atoms with Gasteiger partial charge in [-0.15, -0.1) is 0 Å². The van der Waals surface area contributed by atoms with Gasteiger partial charge < -0.3 is 0 Å². The number of aldehydes is 1. The Morgan fingerprint density at radius 1 is 1.25 bits per heavy atom. The number of hydrogen-bond donors (Lipinski definition) is 1. The number of anilines is 1. The molecule has 1 aliphatic heterocycles. The third-order valence-electron chi connectivity index (χ3n) is 3.26. The molecule has 0 bridgehead atoms. The van der Waals surface area contributed by atoms with Crippen molar-refractivity contribution >= 4 is 34.7 Å². The average Bonchev–Trinajstić information content (AvgIpc) is 2.46. The first-order valence-electron chi connectivity index (χ1n) is 6.14. The smallest absolute Gasteiger partial charge is 0.296 e. The first-order chi connectivity index (χ1) is 9.69. The molecule has 0 atom stereocenters. The molecule has 0 radical (unpaired) electrons. The molecule has 20 heavy (non-hydrogen) atoms. The second-order valence-electron chi connectivity index (χ2n) is 4.47. The number of nitrogens with one attached hydrogen (secondary N) is 1. The number of urea groups is 1. The second kappa shape index (κ2) is 4.73. The molecule has 2 aromatic rings. The number of nitrogens with zero attached hydrogens (tertiary/aromatic N) is 2. The summed E-state index contributed by atoms with van der Waals surface area (Å²) in [6, 6.07) is 6.69. The number of rotatable bonds is 2. The maximum atomic E-state index is 11.8. The lowest BCUT2D eigenvalue weighted by atomic mass is 10.1. The second-order valence-corrected chi connectivity index (χ2v) is 4.47. The molecule has 0 spiro atoms. The van der Waals surface area contributed by atoms with Crippen LogP contribution < -0.4 is 10.2 Å². The number of hydrogen-bond acceptors (Lipinski definition) is 4. The summed E-state index contributed by atoms with van der Waals surface area (Å²) in [6.45, 7) is 0.326. The van der Waals surface area contributed by atoms with Gasteiger partial charge in [0.05, 0.1) is 0 Å². The van der Waals surface area contributed by atoms with E-state index in [0.717, 1.165) is 5.39 Å². The van der Waals surface area contributed by atoms with Gasteiger partial charge in [0.15, 0.2) is 6.29 Å². The van der Waals surface area contributed by atoms with Crippen molar-refractivity contribution < 1.29 is 14.4 Å². The van der Waals surface area contributed by atoms with E-state index < -0.39 is 6.03 Å². The zero-order chi connectivity index (χ0) is 14.1. The molecule has 6 nitrogen and oxygen atoms in total. The number of fused-ring (bicyclic) bond motifs is 1. The third kappa shape index (κ3) is 2.01. The van der Waals surface area contributed by atoms with Crippen LogP contribution >= 0.6 is 0 Å². The van der Waals surface area contributed by atoms with Gasteiger partial charge >= 0.3 is 6.03 Å². The van der Waals surface area contributed by atoms with Crippen molar-refractivity contribution in [2.45, 2.75) is 6.42 Å². The normalized spacial score (nSPS) is 15.3. The zero-order valence-corrected chi connectivity index (χ0v) is 10.5. The summed E-state index contributed by atoms with van der Waals surface area (Å²) in [7, 11) is 0. The van der Waals surface area contributed by atoms with Gasteiger partial charge in [-0.05, 0) is 23.6 Å². The number of carbonyl (C=O) groups is 3. The largest absolute Gasteiger partial charge is 0.328 e. The summed E-state index contributed by atoms with van der Waals surface area (Å²) < 4.78 is 0. The Morgan fingerprint density at radius 3 is 2.85 bits per heavy atom. The van der Waals surface area contributed by atoms with Gasteiger partial charge in [0.25, 0.3) is 0 Å². The van der Waals surface area contributed by atoms with Crippen molar-refractivity contribution in [1.82, 2.24) is 10.3 Å². The summed E-state index contributed by atoms with van der Waals surface area (Å²) in [4.78, 5) is 39.4. The monoisotopic (exact) mass is 269 g/mol. The molecule has 6 heteroatoms. The quantitative estimate of drug-likeness (QED) is 0.838. The molecule has 2 heterocycles. The van der Waals surface area contributed by atoms with Gasteiger partial charge in [-0.1, -0.05) is 6.07 Å². The Balaban J connectivity index is 2.06. The Kier molecular flexibility index (Phi) is 2.90. The van der Waals surface area contributed by atoms with Gasteiger partial charge in [-0.2, -0.15) is 0 Å². The first-order valence-corrected chi connectivity index (χ1v) is 6.14. The van der Waals surface area contributed by atoms with E-state index in [4.69, 9.17) is 0 Å². The van der Waals surface area contributed by atoms with Crippen LogP contribution in [0.5, 0.6) is 0 Å². The highest BCUT2D eigenvalue weighted by Crippen LogP contribution is 2.24. The van der Waals surface area contributed by atoms with E-state index in [1.807, 2.05) is 6.07 Å². The van der Waals surface area contributed by atoms with E-state index in [-0.39, 0.29) is 12.3 Å². The van der Waals surface area contributed by atoms with Gasteiger partial charge in [0.2, 0.25) is 5.91 Å². The molecule has 1 N–H and O–H groups in total. The van der Waals surface area contributed by atoms with Crippen LogP contribution in [0.15, 0.2) is 30.5 Å². The predicted molar refractivity (Wildman–Crippen MR) is 72.6 cm³/mol. The summed E-state index contributed by atoms with van der Waals surface area (Å²) in [5.74, 6) is -0.276. The predicted octanol–water partition coefficient (Wildman–Crippen LogP) is 1.49. The van der Waals surface area contributed by atoms with Crippen LogP contribution in [-0.4, -0.2) is 29.8 Å². The Bertz CT molecular complexity index is 727. The van der Waals surface area contributed by atoms with Crippen molar-refractivity contribution in [1.29, 1.82) is 0 Å². The summed E-state index contributed by atoms with van der Waals surface area (Å²) in [6.07, 6.45) is 2.52. The maximum Gasteiger partial charge on any atom is 0.328 e. The third-order valence-corrected chi connectivity index (χ3v) is 3.26. The van der Waals surface area contributed by atoms with Gasteiger partial charge in [-0.3, -0.25) is 24.8 Å². The Hall–Kier alpha value is -2.76. The number of pyridine rings is 1. The molecule has 0 aliphatic carbocycles. The van der Waals surface area contributed by atoms with Crippen molar-refractivity contribution in [2.24, 2.45) is 0 Å². The van der Waals surface area contributed by atoms with Crippen LogP contribution in [0.25, 0.3) is 10.8 Å². The number of imide groups is 1. The molecule has 3 rings (SSSR count). The molecular formula is C14H11N3O3. The minimum atomic E-state index is -0.447. The van der Waals surface area contributed by atoms with Gasteiger partial charge in [-0.25, -0.2) is 4.79 Å². The highest BCUT2D eigenvalue weighted by atomic mass is 16.2. The minimum Gasteiger partial charge on any atom is -0.296 e. The fourth-order valence-corrected chi connectivity index (χ4v) is 2.25. The summed E-state index contributed by atoms with van der Waals surface area (Å²) in [5, 5.41) is 3.83. The fraction of sp³-hybridized carbons (Fsp3) is 0.143. The van der Waals surface area contributed by atoms with Crippen molar-refractivity contribution in [3.05, 3.63) is 36.2 Å². The number of benzene rings is 1. The molecular weight excluding hydrogens is 258 g/mol. The summed E-state index contributed by atoms with van der Waals surface area (Å²) in [5.41, 5.74) is 0.969. The highest BCUT2D eigenvalue weighted by molar-refractivity contribution is 6.07. The van der Waals surface area contributed by atoms with Crippen LogP contribution in [0.2, 0.25) is 0 Å². The molecule has 1 aromatic carbocycles. The van der Waals surface area contributed by atoms with Crippen LogP contribution in [0, 0.1) is 0 Å². The van der Waals surface area contributed by atoms with E-state index in [1.54, 1.807) is 24.4 Å². The van der Waals surface area contributed by atoms with Gasteiger partial charge in [0.1, 0.15) is 5.69 Å². The molecule has 3 amide bonds. The molecule has 0 unspecified atom stereocenters. The number of aromatic nitrogens is 1. The molecule has 0 saturated carbocycles. The van der Waals surface area contributed by atoms with Crippen LogP contribution in [0.3, 0.4) is 0 Å². The molecule has 1 aromatic heterocycles. The lowest BCUT2D eigenvalue weighted by Crippen LogP contribution is -2.49. The van der Waals surface area contributed by atoms with E-state index in [9.17, 15) is 14.4 Å².